The first-order valence-corrected chi connectivity index (χ1v) is 7.36. The van der Waals surface area contributed by atoms with Gasteiger partial charge in [-0.3, -0.25) is 11.3 Å². The van der Waals surface area contributed by atoms with Crippen molar-refractivity contribution in [3.8, 4) is 5.75 Å². The van der Waals surface area contributed by atoms with E-state index in [1.807, 2.05) is 12.1 Å². The smallest absolute Gasteiger partial charge is 0.119 e. The molecule has 3 heteroatoms. The van der Waals surface area contributed by atoms with Crippen molar-refractivity contribution in [2.75, 3.05) is 7.11 Å². The number of hydrogen-bond acceptors (Lipinski definition) is 3. The van der Waals surface area contributed by atoms with Crippen LogP contribution < -0.4 is 16.0 Å². The maximum Gasteiger partial charge on any atom is 0.119 e. The Labute approximate surface area is 127 Å². The van der Waals surface area contributed by atoms with Gasteiger partial charge in [0.15, 0.2) is 0 Å². The Morgan fingerprint density at radius 2 is 1.86 bits per heavy atom. The highest BCUT2D eigenvalue weighted by atomic mass is 16.5. The van der Waals surface area contributed by atoms with E-state index in [1.54, 1.807) is 7.11 Å². The highest BCUT2D eigenvalue weighted by molar-refractivity contribution is 5.29. The van der Waals surface area contributed by atoms with Crippen LogP contribution in [0.5, 0.6) is 5.75 Å². The molecule has 0 radical (unpaired) electrons. The van der Waals surface area contributed by atoms with Gasteiger partial charge in [-0.05, 0) is 49.4 Å². The summed E-state index contributed by atoms with van der Waals surface area (Å²) in [7, 11) is 1.69. The largest absolute Gasteiger partial charge is 0.497 e. The molecule has 112 valence electrons. The number of hydrogen-bond donors (Lipinski definition) is 2. The van der Waals surface area contributed by atoms with Crippen molar-refractivity contribution in [3.05, 3.63) is 65.2 Å². The Morgan fingerprint density at radius 3 is 2.52 bits per heavy atom. The molecule has 0 saturated heterocycles. The van der Waals surface area contributed by atoms with Crippen LogP contribution in [-0.4, -0.2) is 13.2 Å². The van der Waals surface area contributed by atoms with Crippen molar-refractivity contribution in [1.82, 2.24) is 5.43 Å². The molecule has 0 aromatic heterocycles. The van der Waals surface area contributed by atoms with Gasteiger partial charge < -0.3 is 4.74 Å². The van der Waals surface area contributed by atoms with Crippen LogP contribution >= 0.6 is 0 Å². The molecular weight excluding hydrogens is 260 g/mol. The third kappa shape index (κ3) is 4.88. The number of benzene rings is 2. The molecule has 0 aliphatic carbocycles. The fourth-order valence-corrected chi connectivity index (χ4v) is 2.42. The zero-order valence-corrected chi connectivity index (χ0v) is 12.8. The summed E-state index contributed by atoms with van der Waals surface area (Å²) in [6.45, 7) is 2.11. The Morgan fingerprint density at radius 1 is 1.10 bits per heavy atom. The molecule has 2 rings (SSSR count). The van der Waals surface area contributed by atoms with Gasteiger partial charge in [-0.25, -0.2) is 0 Å². The normalized spacial score (nSPS) is 12.1. The summed E-state index contributed by atoms with van der Waals surface area (Å²) in [6, 6.07) is 17.1. The van der Waals surface area contributed by atoms with Crippen LogP contribution in [0.15, 0.2) is 48.5 Å². The summed E-state index contributed by atoms with van der Waals surface area (Å²) >= 11 is 0. The molecule has 0 fully saturated rings. The second kappa shape index (κ2) is 7.81. The van der Waals surface area contributed by atoms with E-state index < -0.39 is 0 Å². The lowest BCUT2D eigenvalue weighted by Crippen LogP contribution is -2.37. The molecule has 2 aromatic rings. The molecule has 1 atom stereocenters. The van der Waals surface area contributed by atoms with Crippen LogP contribution in [0.1, 0.15) is 23.1 Å². The van der Waals surface area contributed by atoms with Crippen LogP contribution in [0.2, 0.25) is 0 Å². The second-order valence-corrected chi connectivity index (χ2v) is 5.44. The fraction of sp³-hybridized carbons (Fsp3) is 0.333. The standard InChI is InChI=1S/C18H24N2O/c1-14-6-8-15(9-7-14)10-11-17(20-19)12-16-4-3-5-18(13-16)21-2/h3-9,13,17,20H,10-12,19H2,1-2H3. The fourth-order valence-electron chi connectivity index (χ4n) is 2.42. The number of hydrazine groups is 1. The molecule has 3 nitrogen and oxygen atoms in total. The number of nitrogens with one attached hydrogen (secondary N) is 1. The van der Waals surface area contributed by atoms with Gasteiger partial charge in [0.05, 0.1) is 7.11 Å². The van der Waals surface area contributed by atoms with Gasteiger partial charge in [-0.1, -0.05) is 42.0 Å². The SMILES string of the molecule is COc1cccc(CC(CCc2ccc(C)cc2)NN)c1. The first-order chi connectivity index (χ1) is 10.2. The van der Waals surface area contributed by atoms with E-state index in [9.17, 15) is 0 Å². The van der Waals surface area contributed by atoms with E-state index in [4.69, 9.17) is 10.6 Å². The maximum absolute atomic E-state index is 5.70. The van der Waals surface area contributed by atoms with Crippen LogP contribution in [0, 0.1) is 6.92 Å². The van der Waals surface area contributed by atoms with Crippen molar-refractivity contribution in [2.45, 2.75) is 32.2 Å². The third-order valence-electron chi connectivity index (χ3n) is 3.75. The second-order valence-electron chi connectivity index (χ2n) is 5.44. The quantitative estimate of drug-likeness (QED) is 0.607. The average molecular weight is 284 g/mol. The monoisotopic (exact) mass is 284 g/mol. The minimum atomic E-state index is 0.262. The van der Waals surface area contributed by atoms with Crippen LogP contribution in [-0.2, 0) is 12.8 Å². The van der Waals surface area contributed by atoms with Gasteiger partial charge in [-0.15, -0.1) is 0 Å². The summed E-state index contributed by atoms with van der Waals surface area (Å²) in [5.74, 6) is 6.59. The van der Waals surface area contributed by atoms with E-state index >= 15 is 0 Å². The molecule has 0 aliphatic heterocycles. The first kappa shape index (κ1) is 15.5. The number of aryl methyl sites for hydroxylation is 2. The molecular formula is C18H24N2O. The maximum atomic E-state index is 5.70. The molecule has 0 saturated carbocycles. The molecule has 21 heavy (non-hydrogen) atoms. The lowest BCUT2D eigenvalue weighted by Gasteiger charge is -2.16. The van der Waals surface area contributed by atoms with Gasteiger partial charge in [0, 0.05) is 6.04 Å². The highest BCUT2D eigenvalue weighted by Crippen LogP contribution is 2.16. The lowest BCUT2D eigenvalue weighted by molar-refractivity contribution is 0.413. The van der Waals surface area contributed by atoms with Gasteiger partial charge in [-0.2, -0.15) is 0 Å². The number of methoxy groups -OCH3 is 1. The summed E-state index contributed by atoms with van der Waals surface area (Å²) in [6.07, 6.45) is 2.94. The van der Waals surface area contributed by atoms with Gasteiger partial charge >= 0.3 is 0 Å². The molecule has 1 unspecified atom stereocenters. The van der Waals surface area contributed by atoms with E-state index in [2.05, 4.69) is 48.7 Å². The van der Waals surface area contributed by atoms with Gasteiger partial charge in [0.25, 0.3) is 0 Å². The van der Waals surface area contributed by atoms with E-state index in [1.165, 1.54) is 16.7 Å². The Kier molecular flexibility index (Phi) is 5.78. The number of rotatable bonds is 7. The van der Waals surface area contributed by atoms with Crippen LogP contribution in [0.3, 0.4) is 0 Å². The van der Waals surface area contributed by atoms with Crippen LogP contribution in [0.25, 0.3) is 0 Å². The van der Waals surface area contributed by atoms with Crippen molar-refractivity contribution in [1.29, 1.82) is 0 Å². The molecule has 3 N–H and O–H groups in total. The first-order valence-electron chi connectivity index (χ1n) is 7.36. The van der Waals surface area contributed by atoms with Crippen molar-refractivity contribution in [2.24, 2.45) is 5.84 Å². The zero-order valence-electron chi connectivity index (χ0n) is 12.8. The lowest BCUT2D eigenvalue weighted by atomic mass is 9.99. The highest BCUT2D eigenvalue weighted by Gasteiger charge is 2.09. The summed E-state index contributed by atoms with van der Waals surface area (Å²) < 4.78 is 5.26. The zero-order chi connectivity index (χ0) is 15.1. The number of nitrogens with two attached hydrogens (primary N) is 1. The number of ether oxygens (including phenoxy) is 1. The molecule has 0 heterocycles. The molecule has 0 bridgehead atoms. The van der Waals surface area contributed by atoms with Gasteiger partial charge in [0.1, 0.15) is 5.75 Å². The predicted molar refractivity (Wildman–Crippen MR) is 87.3 cm³/mol. The Balaban J connectivity index is 1.91. The van der Waals surface area contributed by atoms with E-state index in [-0.39, 0.29) is 6.04 Å². The molecule has 0 spiro atoms. The van der Waals surface area contributed by atoms with Crippen LogP contribution in [0.4, 0.5) is 0 Å². The minimum Gasteiger partial charge on any atom is -0.497 e. The van der Waals surface area contributed by atoms with Crippen molar-refractivity contribution in [3.63, 3.8) is 0 Å². The third-order valence-corrected chi connectivity index (χ3v) is 3.75. The summed E-state index contributed by atoms with van der Waals surface area (Å²) in [4.78, 5) is 0. The van der Waals surface area contributed by atoms with Crippen molar-refractivity contribution >= 4 is 0 Å². The molecule has 2 aromatic carbocycles. The topological polar surface area (TPSA) is 47.3 Å². The average Bonchev–Trinajstić information content (AvgIpc) is 2.53. The summed E-state index contributed by atoms with van der Waals surface area (Å²) in [5, 5.41) is 0. The molecule has 0 amide bonds. The van der Waals surface area contributed by atoms with E-state index in [0.29, 0.717) is 0 Å². The summed E-state index contributed by atoms with van der Waals surface area (Å²) in [5.41, 5.74) is 6.81. The predicted octanol–water partition coefficient (Wildman–Crippen LogP) is 3.01. The Hall–Kier alpha value is -1.84. The Bertz CT molecular complexity index is 551. The van der Waals surface area contributed by atoms with Crippen molar-refractivity contribution < 1.29 is 4.74 Å². The minimum absolute atomic E-state index is 0.262. The molecule has 0 aliphatic rings. The van der Waals surface area contributed by atoms with E-state index in [0.717, 1.165) is 25.0 Å². The van der Waals surface area contributed by atoms with Gasteiger partial charge in [0.2, 0.25) is 0 Å².